The predicted molar refractivity (Wildman–Crippen MR) is 82.6 cm³/mol. The molecular formula is C14H14BrF7N2O2. The lowest BCUT2D eigenvalue weighted by atomic mass is 9.88. The van der Waals surface area contributed by atoms with E-state index in [9.17, 15) is 35.5 Å². The molecule has 0 atom stereocenters. The normalized spacial score (nSPS) is 13.3. The fourth-order valence-electron chi connectivity index (χ4n) is 1.79. The highest BCUT2D eigenvalue weighted by Gasteiger charge is 2.61. The van der Waals surface area contributed by atoms with E-state index in [-0.39, 0.29) is 18.3 Å². The first-order chi connectivity index (χ1) is 11.5. The van der Waals surface area contributed by atoms with E-state index in [4.69, 9.17) is 0 Å². The molecule has 2 N–H and O–H groups in total. The predicted octanol–water partition coefficient (Wildman–Crippen LogP) is 5.54. The van der Waals surface area contributed by atoms with Gasteiger partial charge < -0.3 is 15.4 Å². The van der Waals surface area contributed by atoms with Gasteiger partial charge in [0.1, 0.15) is 0 Å². The number of halogens is 8. The maximum atomic E-state index is 13.6. The number of nitrogens with one attached hydrogen (secondary N) is 2. The molecule has 0 radical (unpaired) electrons. The minimum atomic E-state index is -5.10. The van der Waals surface area contributed by atoms with Crippen LogP contribution < -0.4 is 15.4 Å². The van der Waals surface area contributed by atoms with E-state index in [1.807, 2.05) is 0 Å². The van der Waals surface area contributed by atoms with Gasteiger partial charge in [-0.05, 0) is 25.1 Å². The SMILES string of the molecule is CC(F)(F)C(C)(NC(=O)Nc1ccc(Br)cc1OC(F)(F)F)C(C)(F)F. The van der Waals surface area contributed by atoms with Crippen molar-refractivity contribution < 1.29 is 40.3 Å². The topological polar surface area (TPSA) is 50.4 Å². The summed E-state index contributed by atoms with van der Waals surface area (Å²) in [5.74, 6) is -8.96. The number of urea groups is 1. The average molecular weight is 455 g/mol. The van der Waals surface area contributed by atoms with Gasteiger partial charge in [-0.15, -0.1) is 13.2 Å². The maximum absolute atomic E-state index is 13.6. The second-order valence-electron chi connectivity index (χ2n) is 5.67. The molecule has 0 aromatic heterocycles. The zero-order chi connectivity index (χ0) is 20.6. The number of hydrogen-bond acceptors (Lipinski definition) is 2. The van der Waals surface area contributed by atoms with Crippen molar-refractivity contribution in [2.45, 2.75) is 44.5 Å². The standard InChI is InChI=1S/C14H14BrF7N2O2/c1-11(12(2,16)17,13(3,18)19)24-10(25)23-8-5-4-7(15)6-9(8)26-14(20,21)22/h4-6H,1-3H3,(H2,23,24,25). The third-order valence-corrected chi connectivity index (χ3v) is 4.03. The van der Waals surface area contributed by atoms with Crippen LogP contribution in [0.4, 0.5) is 41.2 Å². The van der Waals surface area contributed by atoms with Gasteiger partial charge in [0, 0.05) is 18.3 Å². The summed E-state index contributed by atoms with van der Waals surface area (Å²) in [5, 5.41) is 3.23. The number of alkyl halides is 7. The molecule has 148 valence electrons. The van der Waals surface area contributed by atoms with Crippen molar-refractivity contribution in [2.75, 3.05) is 5.32 Å². The number of carbonyl (C=O) groups excluding carboxylic acids is 1. The van der Waals surface area contributed by atoms with Gasteiger partial charge in [0.05, 0.1) is 5.69 Å². The Bertz CT molecular complexity index is 655. The molecule has 1 aromatic rings. The Kier molecular flexibility index (Phi) is 6.11. The van der Waals surface area contributed by atoms with Crippen LogP contribution in [-0.4, -0.2) is 29.8 Å². The van der Waals surface area contributed by atoms with E-state index in [0.717, 1.165) is 12.1 Å². The van der Waals surface area contributed by atoms with Crippen molar-refractivity contribution in [3.8, 4) is 5.75 Å². The van der Waals surface area contributed by atoms with E-state index < -0.39 is 41.2 Å². The highest BCUT2D eigenvalue weighted by molar-refractivity contribution is 9.10. The number of carbonyl (C=O) groups is 1. The lowest BCUT2D eigenvalue weighted by Gasteiger charge is -2.40. The van der Waals surface area contributed by atoms with Gasteiger partial charge in [-0.25, -0.2) is 22.4 Å². The summed E-state index contributed by atoms with van der Waals surface area (Å²) in [6.07, 6.45) is -5.10. The Morgan fingerprint density at radius 2 is 1.50 bits per heavy atom. The van der Waals surface area contributed by atoms with Crippen molar-refractivity contribution >= 4 is 27.6 Å². The molecule has 0 saturated carbocycles. The molecule has 12 heteroatoms. The van der Waals surface area contributed by atoms with Gasteiger partial charge in [-0.3, -0.25) is 0 Å². The van der Waals surface area contributed by atoms with Gasteiger partial charge in [0.25, 0.3) is 11.8 Å². The molecule has 1 aromatic carbocycles. The molecule has 0 spiro atoms. The molecule has 0 heterocycles. The summed E-state index contributed by atoms with van der Waals surface area (Å²) in [4.78, 5) is 11.9. The van der Waals surface area contributed by atoms with Gasteiger partial charge in [0.2, 0.25) is 0 Å². The Balaban J connectivity index is 3.11. The number of hydrogen-bond donors (Lipinski definition) is 2. The molecule has 0 aliphatic heterocycles. The van der Waals surface area contributed by atoms with Crippen molar-refractivity contribution in [3.05, 3.63) is 22.7 Å². The van der Waals surface area contributed by atoms with Crippen LogP contribution in [0.2, 0.25) is 0 Å². The third kappa shape index (κ3) is 5.39. The smallest absolute Gasteiger partial charge is 0.404 e. The summed E-state index contributed by atoms with van der Waals surface area (Å²) in [6.45, 7) is 0.784. The highest BCUT2D eigenvalue weighted by Crippen LogP contribution is 2.40. The fourth-order valence-corrected chi connectivity index (χ4v) is 2.13. The van der Waals surface area contributed by atoms with E-state index >= 15 is 0 Å². The first-order valence-corrected chi connectivity index (χ1v) is 7.66. The number of benzene rings is 1. The summed E-state index contributed by atoms with van der Waals surface area (Å²) >= 11 is 2.90. The summed E-state index contributed by atoms with van der Waals surface area (Å²) in [5.41, 5.74) is -3.87. The first kappa shape index (κ1) is 22.3. The minimum absolute atomic E-state index is 0.160. The average Bonchev–Trinajstić information content (AvgIpc) is 2.37. The highest BCUT2D eigenvalue weighted by atomic mass is 79.9. The van der Waals surface area contributed by atoms with E-state index in [1.165, 1.54) is 11.4 Å². The molecule has 1 rings (SSSR count). The van der Waals surface area contributed by atoms with Crippen LogP contribution in [0.25, 0.3) is 0 Å². The molecule has 4 nitrogen and oxygen atoms in total. The Hall–Kier alpha value is -1.72. The summed E-state index contributed by atoms with van der Waals surface area (Å²) < 4.78 is 95.6. The van der Waals surface area contributed by atoms with E-state index in [1.54, 1.807) is 5.32 Å². The second kappa shape index (κ2) is 7.12. The van der Waals surface area contributed by atoms with Crippen LogP contribution in [0.1, 0.15) is 20.8 Å². The van der Waals surface area contributed by atoms with Crippen molar-refractivity contribution in [1.29, 1.82) is 0 Å². The lowest BCUT2D eigenvalue weighted by molar-refractivity contribution is -0.274. The van der Waals surface area contributed by atoms with Crippen LogP contribution in [0.15, 0.2) is 22.7 Å². The van der Waals surface area contributed by atoms with Gasteiger partial charge >= 0.3 is 12.4 Å². The van der Waals surface area contributed by atoms with Crippen molar-refractivity contribution in [2.24, 2.45) is 0 Å². The molecule has 26 heavy (non-hydrogen) atoms. The van der Waals surface area contributed by atoms with Crippen LogP contribution in [0.3, 0.4) is 0 Å². The molecule has 0 unspecified atom stereocenters. The third-order valence-electron chi connectivity index (χ3n) is 3.54. The Morgan fingerprint density at radius 3 is 1.92 bits per heavy atom. The van der Waals surface area contributed by atoms with Crippen LogP contribution in [0, 0.1) is 0 Å². The fraction of sp³-hybridized carbons (Fsp3) is 0.500. The molecule has 0 fully saturated rings. The second-order valence-corrected chi connectivity index (χ2v) is 6.58. The van der Waals surface area contributed by atoms with Crippen molar-refractivity contribution in [1.82, 2.24) is 5.32 Å². The molecule has 2 amide bonds. The van der Waals surface area contributed by atoms with Crippen LogP contribution in [-0.2, 0) is 0 Å². The largest absolute Gasteiger partial charge is 0.573 e. The van der Waals surface area contributed by atoms with E-state index in [2.05, 4.69) is 20.7 Å². The van der Waals surface area contributed by atoms with Gasteiger partial charge in [0.15, 0.2) is 11.3 Å². The molecular weight excluding hydrogens is 441 g/mol. The number of amides is 2. The number of rotatable bonds is 5. The monoisotopic (exact) mass is 454 g/mol. The Labute approximate surface area is 152 Å². The van der Waals surface area contributed by atoms with Gasteiger partial charge in [-0.2, -0.15) is 0 Å². The van der Waals surface area contributed by atoms with Crippen LogP contribution >= 0.6 is 15.9 Å². The quantitative estimate of drug-likeness (QED) is 0.574. The number of anilines is 1. The molecule has 0 aliphatic carbocycles. The number of ether oxygens (including phenoxy) is 1. The van der Waals surface area contributed by atoms with Crippen LogP contribution in [0.5, 0.6) is 5.75 Å². The lowest BCUT2D eigenvalue weighted by Crippen LogP contribution is -2.67. The molecule has 0 aliphatic rings. The Morgan fingerprint density at radius 1 is 1.00 bits per heavy atom. The van der Waals surface area contributed by atoms with Gasteiger partial charge in [-0.1, -0.05) is 15.9 Å². The minimum Gasteiger partial charge on any atom is -0.404 e. The zero-order valence-corrected chi connectivity index (χ0v) is 15.2. The molecule has 0 saturated heterocycles. The summed E-state index contributed by atoms with van der Waals surface area (Å²) in [6, 6.07) is 1.48. The summed E-state index contributed by atoms with van der Waals surface area (Å²) in [7, 11) is 0. The maximum Gasteiger partial charge on any atom is 0.573 e. The first-order valence-electron chi connectivity index (χ1n) is 6.86. The van der Waals surface area contributed by atoms with Crippen molar-refractivity contribution in [3.63, 3.8) is 0 Å². The van der Waals surface area contributed by atoms with E-state index in [0.29, 0.717) is 6.92 Å². The molecule has 0 bridgehead atoms. The zero-order valence-electron chi connectivity index (χ0n) is 13.6.